The Kier molecular flexibility index (Phi) is 1.15. The van der Waals surface area contributed by atoms with Gasteiger partial charge in [-0.05, 0) is 20.5 Å². The van der Waals surface area contributed by atoms with Crippen molar-refractivity contribution in [3.8, 4) is 0 Å². The van der Waals surface area contributed by atoms with Gasteiger partial charge in [0, 0.05) is 6.04 Å². The highest BCUT2D eigenvalue weighted by Gasteiger charge is 2.10. The van der Waals surface area contributed by atoms with Crippen molar-refractivity contribution in [2.45, 2.75) is 12.5 Å². The topological polar surface area (TPSA) is 3.24 Å². The van der Waals surface area contributed by atoms with Gasteiger partial charge in [0.1, 0.15) is 0 Å². The van der Waals surface area contributed by atoms with Crippen molar-refractivity contribution >= 4 is 0 Å². The number of nitrogens with zero attached hydrogens (tertiary/aromatic N) is 1. The first-order valence-electron chi connectivity index (χ1n) is 2.64. The molecule has 0 radical (unpaired) electrons. The zero-order chi connectivity index (χ0) is 5.28. The Morgan fingerprint density at radius 3 is 2.14 bits per heavy atom. The van der Waals surface area contributed by atoms with Crippen molar-refractivity contribution < 1.29 is 0 Å². The lowest BCUT2D eigenvalue weighted by Crippen LogP contribution is -2.29. The van der Waals surface area contributed by atoms with E-state index in [0.717, 1.165) is 6.04 Å². The molecule has 1 nitrogen and oxygen atoms in total. The summed E-state index contributed by atoms with van der Waals surface area (Å²) < 4.78 is 0. The molecule has 1 rings (SSSR count). The third-order valence-corrected chi connectivity index (χ3v) is 1.40. The van der Waals surface area contributed by atoms with Gasteiger partial charge in [-0.2, -0.15) is 0 Å². The zero-order valence-corrected chi connectivity index (χ0v) is 4.89. The Labute approximate surface area is 44.6 Å². The van der Waals surface area contributed by atoms with Crippen LogP contribution in [-0.2, 0) is 0 Å². The summed E-state index contributed by atoms with van der Waals surface area (Å²) in [6.07, 6.45) is 5.66. The highest BCUT2D eigenvalue weighted by molar-refractivity contribution is 5.06. The third-order valence-electron chi connectivity index (χ3n) is 1.40. The van der Waals surface area contributed by atoms with Crippen molar-refractivity contribution in [3.63, 3.8) is 0 Å². The Balaban J connectivity index is 2.29. The molecule has 0 amide bonds. The first-order valence-corrected chi connectivity index (χ1v) is 2.64. The molecule has 0 saturated carbocycles. The van der Waals surface area contributed by atoms with E-state index in [1.807, 2.05) is 0 Å². The van der Waals surface area contributed by atoms with E-state index >= 15 is 0 Å². The Bertz CT molecular complexity index is 84.2. The fourth-order valence-electron chi connectivity index (χ4n) is 0.641. The molecular weight excluding hydrogens is 86.1 g/mol. The summed E-state index contributed by atoms with van der Waals surface area (Å²) >= 11 is 0. The van der Waals surface area contributed by atoms with Crippen molar-refractivity contribution in [1.82, 2.24) is 4.90 Å². The van der Waals surface area contributed by atoms with Gasteiger partial charge in [-0.1, -0.05) is 12.2 Å². The van der Waals surface area contributed by atoms with Crippen LogP contribution < -0.4 is 0 Å². The van der Waals surface area contributed by atoms with Gasteiger partial charge in [0.2, 0.25) is 0 Å². The van der Waals surface area contributed by atoms with Crippen LogP contribution in [0.2, 0.25) is 0 Å². The maximum Gasteiger partial charge on any atom is 0.0306 e. The largest absolute Gasteiger partial charge is 0.303 e. The lowest BCUT2D eigenvalue weighted by Gasteiger charge is -2.24. The molecule has 0 aliphatic heterocycles. The van der Waals surface area contributed by atoms with Crippen LogP contribution in [0.4, 0.5) is 0 Å². The second-order valence-corrected chi connectivity index (χ2v) is 2.19. The van der Waals surface area contributed by atoms with E-state index in [-0.39, 0.29) is 0 Å². The average molecular weight is 97.2 g/mol. The van der Waals surface area contributed by atoms with Crippen LogP contribution in [0.1, 0.15) is 6.42 Å². The predicted octanol–water partition coefficient (Wildman–Crippen LogP) is 0.876. The first-order chi connectivity index (χ1) is 3.30. The minimum Gasteiger partial charge on any atom is -0.303 e. The van der Waals surface area contributed by atoms with Crippen molar-refractivity contribution in [3.05, 3.63) is 12.2 Å². The SMILES string of the molecule is CN(C)[C@H]1C=CC1. The summed E-state index contributed by atoms with van der Waals surface area (Å²) in [5.74, 6) is 0. The molecule has 0 aromatic heterocycles. The Morgan fingerprint density at radius 2 is 2.14 bits per heavy atom. The molecule has 0 heterocycles. The molecule has 0 spiro atoms. The molecule has 0 saturated heterocycles. The maximum absolute atomic E-state index is 2.22. The van der Waals surface area contributed by atoms with E-state index in [2.05, 4.69) is 31.1 Å². The van der Waals surface area contributed by atoms with Crippen LogP contribution in [0, 0.1) is 0 Å². The number of rotatable bonds is 1. The normalized spacial score (nSPS) is 28.1. The molecule has 1 aliphatic rings. The smallest absolute Gasteiger partial charge is 0.0306 e. The van der Waals surface area contributed by atoms with Crippen LogP contribution in [-0.4, -0.2) is 25.0 Å². The summed E-state index contributed by atoms with van der Waals surface area (Å²) in [4.78, 5) is 2.22. The van der Waals surface area contributed by atoms with E-state index in [1.54, 1.807) is 0 Å². The van der Waals surface area contributed by atoms with Gasteiger partial charge in [-0.3, -0.25) is 0 Å². The minimum atomic E-state index is 0.736. The van der Waals surface area contributed by atoms with Crippen molar-refractivity contribution in [2.75, 3.05) is 14.1 Å². The molecule has 1 heteroatoms. The third kappa shape index (κ3) is 0.829. The van der Waals surface area contributed by atoms with E-state index in [1.165, 1.54) is 6.42 Å². The van der Waals surface area contributed by atoms with Crippen molar-refractivity contribution in [2.24, 2.45) is 0 Å². The summed E-state index contributed by atoms with van der Waals surface area (Å²) in [6, 6.07) is 0.736. The summed E-state index contributed by atoms with van der Waals surface area (Å²) in [5, 5.41) is 0. The molecule has 0 bridgehead atoms. The van der Waals surface area contributed by atoms with Gasteiger partial charge < -0.3 is 4.90 Å². The lowest BCUT2D eigenvalue weighted by molar-refractivity contribution is 0.327. The van der Waals surface area contributed by atoms with Crippen LogP contribution in [0.5, 0.6) is 0 Å². The van der Waals surface area contributed by atoms with E-state index < -0.39 is 0 Å². The maximum atomic E-state index is 2.22. The molecule has 0 aromatic rings. The summed E-state index contributed by atoms with van der Waals surface area (Å²) in [7, 11) is 4.21. The highest BCUT2D eigenvalue weighted by Crippen LogP contribution is 2.11. The quantitative estimate of drug-likeness (QED) is 0.439. The second kappa shape index (κ2) is 1.66. The highest BCUT2D eigenvalue weighted by atomic mass is 15.1. The number of hydrogen-bond acceptors (Lipinski definition) is 1. The van der Waals surface area contributed by atoms with Crippen molar-refractivity contribution in [1.29, 1.82) is 0 Å². The lowest BCUT2D eigenvalue weighted by atomic mass is 10.0. The summed E-state index contributed by atoms with van der Waals surface area (Å²) in [6.45, 7) is 0. The van der Waals surface area contributed by atoms with Gasteiger partial charge >= 0.3 is 0 Å². The minimum absolute atomic E-state index is 0.736. The second-order valence-electron chi connectivity index (χ2n) is 2.19. The monoisotopic (exact) mass is 97.1 g/mol. The molecule has 1 aliphatic carbocycles. The number of hydrogen-bond donors (Lipinski definition) is 0. The first kappa shape index (κ1) is 4.85. The molecule has 1 atom stereocenters. The van der Waals surface area contributed by atoms with Crippen LogP contribution >= 0.6 is 0 Å². The number of likely N-dealkylation sites (N-methyl/N-ethyl adjacent to an activating group) is 1. The summed E-state index contributed by atoms with van der Waals surface area (Å²) in [5.41, 5.74) is 0. The fraction of sp³-hybridized carbons (Fsp3) is 0.667. The van der Waals surface area contributed by atoms with Crippen LogP contribution in [0.15, 0.2) is 12.2 Å². The molecule has 0 aromatic carbocycles. The molecule has 0 N–H and O–H groups in total. The Morgan fingerprint density at radius 1 is 1.57 bits per heavy atom. The predicted molar refractivity (Wildman–Crippen MR) is 31.2 cm³/mol. The molecular formula is C6H11N. The fourth-order valence-corrected chi connectivity index (χ4v) is 0.641. The molecule has 0 unspecified atom stereocenters. The molecule has 40 valence electrons. The van der Waals surface area contributed by atoms with Gasteiger partial charge in [0.05, 0.1) is 0 Å². The van der Waals surface area contributed by atoms with Gasteiger partial charge in [-0.25, -0.2) is 0 Å². The molecule has 7 heavy (non-hydrogen) atoms. The van der Waals surface area contributed by atoms with E-state index in [0.29, 0.717) is 0 Å². The van der Waals surface area contributed by atoms with Gasteiger partial charge in [-0.15, -0.1) is 0 Å². The standard InChI is InChI=1S/C6H11N/c1-7(2)6-4-3-5-6/h3-4,6H,5H2,1-2H3/t6-/m0/s1. The van der Waals surface area contributed by atoms with Crippen LogP contribution in [0.25, 0.3) is 0 Å². The molecule has 0 fully saturated rings. The zero-order valence-electron chi connectivity index (χ0n) is 4.89. The van der Waals surface area contributed by atoms with Gasteiger partial charge in [0.25, 0.3) is 0 Å². The van der Waals surface area contributed by atoms with E-state index in [4.69, 9.17) is 0 Å². The van der Waals surface area contributed by atoms with Crippen LogP contribution in [0.3, 0.4) is 0 Å². The average Bonchev–Trinajstić information content (AvgIpc) is 1.23. The Hall–Kier alpha value is -0.300. The van der Waals surface area contributed by atoms with Gasteiger partial charge in [0.15, 0.2) is 0 Å². The van der Waals surface area contributed by atoms with E-state index in [9.17, 15) is 0 Å².